The average Bonchev–Trinajstić information content (AvgIpc) is 2.17. The zero-order valence-electron chi connectivity index (χ0n) is 7.57. The third kappa shape index (κ3) is 2.74. The summed E-state index contributed by atoms with van der Waals surface area (Å²) in [4.78, 5) is 10.6. The number of hydrogen-bond donors (Lipinski definition) is 0. The first-order chi connectivity index (χ1) is 6.27. The second kappa shape index (κ2) is 4.87. The number of aldehydes is 1. The van der Waals surface area contributed by atoms with Crippen LogP contribution in [0.15, 0.2) is 24.3 Å². The van der Waals surface area contributed by atoms with Gasteiger partial charge in [-0.05, 0) is 29.8 Å². The number of carbonyl (C=O) groups excluding carboxylic acids is 1. The Hall–Kier alpha value is -1.02. The molecule has 0 saturated carbocycles. The molecule has 0 aromatic heterocycles. The molecule has 1 nitrogen and oxygen atoms in total. The maximum absolute atomic E-state index is 10.6. The first-order valence-electron chi connectivity index (χ1n) is 4.23. The average molecular weight is 192 g/mol. The summed E-state index contributed by atoms with van der Waals surface area (Å²) in [6, 6.07) is 8.05. The van der Waals surface area contributed by atoms with Gasteiger partial charge in [-0.3, -0.25) is 0 Å². The van der Waals surface area contributed by atoms with Crippen molar-refractivity contribution in [3.63, 3.8) is 0 Å². The highest BCUT2D eigenvalue weighted by Crippen LogP contribution is 2.11. The Labute approximate surface area is 83.8 Å². The summed E-state index contributed by atoms with van der Waals surface area (Å²) in [6.45, 7) is 2.04. The van der Waals surface area contributed by atoms with E-state index >= 15 is 0 Å². The van der Waals surface area contributed by atoms with Crippen molar-refractivity contribution in [3.05, 3.63) is 35.4 Å². The van der Waals surface area contributed by atoms with Crippen molar-refractivity contribution in [3.8, 4) is 0 Å². The summed E-state index contributed by atoms with van der Waals surface area (Å²) < 4.78 is 0. The molecule has 0 aliphatic heterocycles. The van der Waals surface area contributed by atoms with Gasteiger partial charge in [-0.1, -0.05) is 36.5 Å². The van der Waals surface area contributed by atoms with Gasteiger partial charge in [0.15, 0.2) is 0 Å². The van der Waals surface area contributed by atoms with E-state index in [1.165, 1.54) is 16.5 Å². The summed E-state index contributed by atoms with van der Waals surface area (Å²) in [5, 5.41) is 1.53. The van der Waals surface area contributed by atoms with E-state index in [0.29, 0.717) is 0 Å². The van der Waals surface area contributed by atoms with E-state index in [1.807, 2.05) is 31.2 Å². The van der Waals surface area contributed by atoms with Crippen molar-refractivity contribution in [1.82, 2.24) is 0 Å². The van der Waals surface area contributed by atoms with E-state index in [0.717, 1.165) is 12.7 Å². The lowest BCUT2D eigenvalue weighted by atomic mass is 9.99. The van der Waals surface area contributed by atoms with E-state index < -0.39 is 0 Å². The fraction of sp³-hybridized carbons (Fsp3) is 0.273. The highest BCUT2D eigenvalue weighted by molar-refractivity contribution is 7.79. The quantitative estimate of drug-likeness (QED) is 0.538. The predicted molar refractivity (Wildman–Crippen MR) is 58.1 cm³/mol. The molecule has 0 radical (unpaired) electrons. The van der Waals surface area contributed by atoms with Gasteiger partial charge in [0.1, 0.15) is 6.29 Å². The van der Waals surface area contributed by atoms with Crippen LogP contribution in [0.4, 0.5) is 0 Å². The number of hydrogen-bond acceptors (Lipinski definition) is 2. The molecule has 68 valence electrons. The molecule has 0 aliphatic carbocycles. The normalized spacial score (nSPS) is 12.1. The van der Waals surface area contributed by atoms with Gasteiger partial charge in [0.05, 0.1) is 0 Å². The molecule has 0 N–H and O–H groups in total. The number of aryl methyl sites for hydroxylation is 1. The molecule has 0 heterocycles. The zero-order chi connectivity index (χ0) is 9.68. The lowest BCUT2D eigenvalue weighted by Gasteiger charge is -2.06. The number of rotatable bonds is 4. The van der Waals surface area contributed by atoms with E-state index in [-0.39, 0.29) is 5.92 Å². The molecule has 0 spiro atoms. The van der Waals surface area contributed by atoms with Crippen LogP contribution in [0.25, 0.3) is 0 Å². The van der Waals surface area contributed by atoms with Crippen molar-refractivity contribution in [2.24, 2.45) is 5.92 Å². The van der Waals surface area contributed by atoms with Gasteiger partial charge in [0.25, 0.3) is 0 Å². The molecule has 0 bridgehead atoms. The minimum atomic E-state index is -0.129. The predicted octanol–water partition coefficient (Wildman–Crippen LogP) is 2.35. The van der Waals surface area contributed by atoms with E-state index in [1.54, 1.807) is 0 Å². The van der Waals surface area contributed by atoms with Crippen molar-refractivity contribution in [1.29, 1.82) is 0 Å². The van der Waals surface area contributed by atoms with Gasteiger partial charge < -0.3 is 4.79 Å². The van der Waals surface area contributed by atoms with Crippen molar-refractivity contribution < 1.29 is 4.79 Å². The van der Waals surface area contributed by atoms with Crippen LogP contribution in [0.2, 0.25) is 0 Å². The summed E-state index contributed by atoms with van der Waals surface area (Å²) in [5.41, 5.74) is 2.41. The lowest BCUT2D eigenvalue weighted by molar-refractivity contribution is -0.109. The summed E-state index contributed by atoms with van der Waals surface area (Å²) >= 11 is 4.76. The van der Waals surface area contributed by atoms with Crippen molar-refractivity contribution >= 4 is 23.9 Å². The monoisotopic (exact) mass is 192 g/mol. The van der Waals surface area contributed by atoms with Gasteiger partial charge in [-0.25, -0.2) is 0 Å². The fourth-order valence-electron chi connectivity index (χ4n) is 1.22. The molecule has 2 heteroatoms. The molecule has 1 aromatic rings. The molecule has 0 aliphatic rings. The minimum Gasteiger partial charge on any atom is -0.303 e. The molecule has 0 unspecified atom stereocenters. The lowest BCUT2D eigenvalue weighted by Crippen LogP contribution is -2.07. The number of benzene rings is 1. The Morgan fingerprint density at radius 3 is 2.69 bits per heavy atom. The molecule has 0 saturated heterocycles. The van der Waals surface area contributed by atoms with Crippen LogP contribution in [0.1, 0.15) is 11.1 Å². The van der Waals surface area contributed by atoms with Crippen LogP contribution < -0.4 is 0 Å². The molecule has 13 heavy (non-hydrogen) atoms. The SMILES string of the molecule is Cc1ccccc1C[C@@H](C=O)C=S. The van der Waals surface area contributed by atoms with Gasteiger partial charge in [0, 0.05) is 5.92 Å². The van der Waals surface area contributed by atoms with Gasteiger partial charge in [-0.15, -0.1) is 0 Å². The first kappa shape index (κ1) is 10.1. The molecule has 1 aromatic carbocycles. The van der Waals surface area contributed by atoms with Crippen LogP contribution in [-0.4, -0.2) is 11.7 Å². The maximum Gasteiger partial charge on any atom is 0.128 e. The Balaban J connectivity index is 2.78. The van der Waals surface area contributed by atoms with Crippen LogP contribution >= 0.6 is 12.2 Å². The Kier molecular flexibility index (Phi) is 3.77. The first-order valence-corrected chi connectivity index (χ1v) is 4.70. The second-order valence-corrected chi connectivity index (χ2v) is 3.34. The van der Waals surface area contributed by atoms with Crippen LogP contribution in [-0.2, 0) is 11.2 Å². The molecule has 0 amide bonds. The number of thiocarbonyl (C=S) groups is 1. The largest absolute Gasteiger partial charge is 0.303 e. The Morgan fingerprint density at radius 2 is 2.15 bits per heavy atom. The zero-order valence-corrected chi connectivity index (χ0v) is 8.38. The fourth-order valence-corrected chi connectivity index (χ4v) is 1.38. The molecule has 1 atom stereocenters. The van der Waals surface area contributed by atoms with Crippen LogP contribution in [0.3, 0.4) is 0 Å². The van der Waals surface area contributed by atoms with Gasteiger partial charge >= 0.3 is 0 Å². The third-order valence-corrected chi connectivity index (χ3v) is 2.42. The summed E-state index contributed by atoms with van der Waals surface area (Å²) in [7, 11) is 0. The molecular weight excluding hydrogens is 180 g/mol. The Bertz CT molecular complexity index is 299. The van der Waals surface area contributed by atoms with Gasteiger partial charge in [-0.2, -0.15) is 0 Å². The standard InChI is InChI=1S/C11H12OS/c1-9-4-2-3-5-11(9)6-10(7-12)8-13/h2-5,7-8,10H,6H2,1H3/t10-/m0/s1. The topological polar surface area (TPSA) is 17.1 Å². The molecular formula is C11H12OS. The smallest absolute Gasteiger partial charge is 0.128 e. The van der Waals surface area contributed by atoms with Crippen molar-refractivity contribution in [2.75, 3.05) is 0 Å². The molecule has 1 rings (SSSR count). The van der Waals surface area contributed by atoms with E-state index in [9.17, 15) is 4.79 Å². The highest BCUT2D eigenvalue weighted by Gasteiger charge is 2.05. The highest BCUT2D eigenvalue weighted by atomic mass is 32.1. The van der Waals surface area contributed by atoms with Crippen molar-refractivity contribution in [2.45, 2.75) is 13.3 Å². The molecule has 0 fully saturated rings. The summed E-state index contributed by atoms with van der Waals surface area (Å²) in [5.74, 6) is -0.129. The second-order valence-electron chi connectivity index (χ2n) is 3.07. The van der Waals surface area contributed by atoms with Crippen LogP contribution in [0, 0.1) is 12.8 Å². The Morgan fingerprint density at radius 1 is 1.46 bits per heavy atom. The van der Waals surface area contributed by atoms with Crippen LogP contribution in [0.5, 0.6) is 0 Å². The minimum absolute atomic E-state index is 0.129. The van der Waals surface area contributed by atoms with Gasteiger partial charge in [0.2, 0.25) is 0 Å². The van der Waals surface area contributed by atoms with E-state index in [4.69, 9.17) is 12.2 Å². The number of carbonyl (C=O) groups is 1. The maximum atomic E-state index is 10.6. The summed E-state index contributed by atoms with van der Waals surface area (Å²) in [6.07, 6.45) is 1.62. The van der Waals surface area contributed by atoms with E-state index in [2.05, 4.69) is 0 Å². The third-order valence-electron chi connectivity index (χ3n) is 2.07.